The zero-order chi connectivity index (χ0) is 5.40. The molecule has 0 atom stereocenters. The van der Waals surface area contributed by atoms with Crippen molar-refractivity contribution in [1.29, 1.82) is 0 Å². The number of allylic oxidation sites excluding steroid dienone is 2. The monoisotopic (exact) mass is 145 g/mol. The third-order valence-corrected chi connectivity index (χ3v) is 3.64. The molecule has 0 spiro atoms. The van der Waals surface area contributed by atoms with Crippen LogP contribution in [0.25, 0.3) is 0 Å². The molecule has 0 amide bonds. The molecule has 1 aliphatic heterocycles. The Kier molecular flexibility index (Phi) is 1.19. The molecule has 0 aromatic rings. The highest BCUT2D eigenvalue weighted by Gasteiger charge is 2.19. The second-order valence-electron chi connectivity index (χ2n) is 2.02. The molecule has 0 unspecified atom stereocenters. The van der Waals surface area contributed by atoms with Gasteiger partial charge in [0.05, 0.1) is 0 Å². The SMILES string of the molecule is C1CC2=C(C1)SSN2. The molecule has 0 aromatic carbocycles. The summed E-state index contributed by atoms with van der Waals surface area (Å²) >= 11 is 0. The van der Waals surface area contributed by atoms with E-state index in [1.54, 1.807) is 15.9 Å². The molecule has 1 heterocycles. The van der Waals surface area contributed by atoms with E-state index in [0.29, 0.717) is 0 Å². The van der Waals surface area contributed by atoms with Gasteiger partial charge in [0, 0.05) is 21.6 Å². The molecular weight excluding hydrogens is 138 g/mol. The average Bonchev–Trinajstić information content (AvgIpc) is 2.15. The zero-order valence-corrected chi connectivity index (χ0v) is 6.07. The van der Waals surface area contributed by atoms with E-state index in [9.17, 15) is 0 Å². The number of hydrogen-bond acceptors (Lipinski definition) is 3. The van der Waals surface area contributed by atoms with Gasteiger partial charge < -0.3 is 4.72 Å². The topological polar surface area (TPSA) is 12.0 Å². The fourth-order valence-corrected chi connectivity index (χ4v) is 3.33. The summed E-state index contributed by atoms with van der Waals surface area (Å²) in [5, 5.41) is 0. The minimum atomic E-state index is 1.29. The van der Waals surface area contributed by atoms with Crippen LogP contribution in [0.5, 0.6) is 0 Å². The maximum atomic E-state index is 3.28. The summed E-state index contributed by atoms with van der Waals surface area (Å²) < 4.78 is 3.28. The van der Waals surface area contributed by atoms with Crippen molar-refractivity contribution in [3.05, 3.63) is 10.6 Å². The third kappa shape index (κ3) is 0.650. The highest BCUT2D eigenvalue weighted by molar-refractivity contribution is 8.77. The molecule has 0 saturated heterocycles. The number of nitrogens with one attached hydrogen (secondary N) is 1. The minimum Gasteiger partial charge on any atom is -0.323 e. The van der Waals surface area contributed by atoms with Gasteiger partial charge in [-0.25, -0.2) is 0 Å². The fourth-order valence-electron chi connectivity index (χ4n) is 1.04. The van der Waals surface area contributed by atoms with E-state index in [1.807, 2.05) is 10.8 Å². The fraction of sp³-hybridized carbons (Fsp3) is 0.600. The first-order valence-electron chi connectivity index (χ1n) is 2.78. The lowest BCUT2D eigenvalue weighted by Crippen LogP contribution is -1.93. The van der Waals surface area contributed by atoms with Crippen LogP contribution in [-0.2, 0) is 0 Å². The predicted octanol–water partition coefficient (Wildman–Crippen LogP) is 2.28. The standard InChI is InChI=1S/C5H7NS2/c1-2-4-5(3-1)7-8-6-4/h6H,1-3H2. The molecule has 1 aliphatic carbocycles. The Balaban J connectivity index is 2.23. The summed E-state index contributed by atoms with van der Waals surface area (Å²) in [5.74, 6) is 0. The van der Waals surface area contributed by atoms with Crippen LogP contribution in [0, 0.1) is 0 Å². The first-order chi connectivity index (χ1) is 3.97. The predicted molar refractivity (Wildman–Crippen MR) is 39.2 cm³/mol. The molecule has 2 aliphatic rings. The van der Waals surface area contributed by atoms with Crippen molar-refractivity contribution in [3.8, 4) is 0 Å². The molecule has 0 aromatic heterocycles. The second-order valence-corrected chi connectivity index (χ2v) is 4.05. The highest BCUT2D eigenvalue weighted by Crippen LogP contribution is 2.45. The molecule has 0 bridgehead atoms. The van der Waals surface area contributed by atoms with Crippen molar-refractivity contribution in [2.45, 2.75) is 19.3 Å². The van der Waals surface area contributed by atoms with Gasteiger partial charge in [-0.3, -0.25) is 0 Å². The van der Waals surface area contributed by atoms with Crippen LogP contribution in [0.4, 0.5) is 0 Å². The lowest BCUT2D eigenvalue weighted by atomic mass is 10.3. The van der Waals surface area contributed by atoms with Crippen molar-refractivity contribution in [3.63, 3.8) is 0 Å². The van der Waals surface area contributed by atoms with Crippen LogP contribution in [0.2, 0.25) is 0 Å². The summed E-state index contributed by atoms with van der Waals surface area (Å²) in [6.45, 7) is 0. The quantitative estimate of drug-likeness (QED) is 0.415. The van der Waals surface area contributed by atoms with Crippen molar-refractivity contribution in [1.82, 2.24) is 4.72 Å². The Morgan fingerprint density at radius 2 is 2.38 bits per heavy atom. The van der Waals surface area contributed by atoms with E-state index in [0.717, 1.165) is 0 Å². The summed E-state index contributed by atoms with van der Waals surface area (Å²) in [6.07, 6.45) is 3.97. The molecule has 3 heteroatoms. The van der Waals surface area contributed by atoms with Gasteiger partial charge in [-0.1, -0.05) is 0 Å². The van der Waals surface area contributed by atoms with Gasteiger partial charge in [0.1, 0.15) is 0 Å². The molecule has 0 saturated carbocycles. The maximum Gasteiger partial charge on any atom is 0.0323 e. The molecule has 1 N–H and O–H groups in total. The van der Waals surface area contributed by atoms with Gasteiger partial charge in [0.15, 0.2) is 0 Å². The summed E-state index contributed by atoms with van der Waals surface area (Å²) in [7, 11) is 3.66. The van der Waals surface area contributed by atoms with Gasteiger partial charge in [-0.05, 0) is 30.1 Å². The number of hydrogen-bond donors (Lipinski definition) is 1. The molecule has 44 valence electrons. The van der Waals surface area contributed by atoms with Gasteiger partial charge in [-0.15, -0.1) is 0 Å². The van der Waals surface area contributed by atoms with Crippen LogP contribution in [-0.4, -0.2) is 0 Å². The van der Waals surface area contributed by atoms with E-state index in [-0.39, 0.29) is 0 Å². The van der Waals surface area contributed by atoms with Crippen LogP contribution < -0.4 is 4.72 Å². The van der Waals surface area contributed by atoms with Crippen molar-refractivity contribution < 1.29 is 0 Å². The summed E-state index contributed by atoms with van der Waals surface area (Å²) in [4.78, 5) is 1.59. The maximum absolute atomic E-state index is 3.28. The smallest absolute Gasteiger partial charge is 0.0323 e. The van der Waals surface area contributed by atoms with Crippen molar-refractivity contribution in [2.24, 2.45) is 0 Å². The third-order valence-electron chi connectivity index (χ3n) is 1.47. The molecule has 2 rings (SSSR count). The normalized spacial score (nSPS) is 26.0. The zero-order valence-electron chi connectivity index (χ0n) is 4.44. The van der Waals surface area contributed by atoms with Crippen molar-refractivity contribution in [2.75, 3.05) is 0 Å². The molecule has 0 fully saturated rings. The van der Waals surface area contributed by atoms with Crippen LogP contribution in [0.1, 0.15) is 19.3 Å². The van der Waals surface area contributed by atoms with Gasteiger partial charge >= 0.3 is 0 Å². The summed E-state index contributed by atoms with van der Waals surface area (Å²) in [5.41, 5.74) is 1.50. The lowest BCUT2D eigenvalue weighted by molar-refractivity contribution is 0.887. The molecule has 0 radical (unpaired) electrons. The highest BCUT2D eigenvalue weighted by atomic mass is 33.1. The van der Waals surface area contributed by atoms with E-state index < -0.39 is 0 Å². The van der Waals surface area contributed by atoms with Gasteiger partial charge in [0.2, 0.25) is 0 Å². The minimum absolute atomic E-state index is 1.29. The van der Waals surface area contributed by atoms with Gasteiger partial charge in [0.25, 0.3) is 0 Å². The Hall–Kier alpha value is 0.240. The Morgan fingerprint density at radius 1 is 1.38 bits per heavy atom. The number of rotatable bonds is 0. The Bertz CT molecular complexity index is 113. The second kappa shape index (κ2) is 1.88. The molecular formula is C5H7NS2. The summed E-state index contributed by atoms with van der Waals surface area (Å²) in [6, 6.07) is 0. The first-order valence-corrected chi connectivity index (χ1v) is 4.93. The van der Waals surface area contributed by atoms with E-state index in [2.05, 4.69) is 4.72 Å². The Morgan fingerprint density at radius 3 is 3.25 bits per heavy atom. The Labute approximate surface area is 56.8 Å². The average molecular weight is 145 g/mol. The van der Waals surface area contributed by atoms with Crippen molar-refractivity contribution >= 4 is 21.8 Å². The van der Waals surface area contributed by atoms with Crippen LogP contribution >= 0.6 is 21.8 Å². The molecule has 8 heavy (non-hydrogen) atoms. The largest absolute Gasteiger partial charge is 0.323 e. The molecule has 1 nitrogen and oxygen atoms in total. The van der Waals surface area contributed by atoms with Crippen LogP contribution in [0.3, 0.4) is 0 Å². The first kappa shape index (κ1) is 5.06. The van der Waals surface area contributed by atoms with Gasteiger partial charge in [-0.2, -0.15) is 0 Å². The van der Waals surface area contributed by atoms with Crippen LogP contribution in [0.15, 0.2) is 10.6 Å². The van der Waals surface area contributed by atoms with E-state index in [1.165, 1.54) is 25.0 Å². The van der Waals surface area contributed by atoms with E-state index in [4.69, 9.17) is 0 Å². The van der Waals surface area contributed by atoms with E-state index >= 15 is 0 Å². The lowest BCUT2D eigenvalue weighted by Gasteiger charge is -1.93.